The predicted molar refractivity (Wildman–Crippen MR) is 182 cm³/mol. The second kappa shape index (κ2) is 17.9. The van der Waals surface area contributed by atoms with E-state index in [1.54, 1.807) is 13.8 Å². The zero-order valence-corrected chi connectivity index (χ0v) is 29.4. The van der Waals surface area contributed by atoms with Crippen molar-refractivity contribution in [1.82, 2.24) is 31.9 Å². The normalized spacial score (nSPS) is 25.2. The molecule has 1 aromatic rings. The average molecular weight is 758 g/mol. The molecule has 3 fully saturated rings. The van der Waals surface area contributed by atoms with Crippen LogP contribution in [0.1, 0.15) is 32.1 Å². The maximum Gasteiger partial charge on any atom is 0.325 e. The molecule has 2 amide bonds. The van der Waals surface area contributed by atoms with E-state index >= 15 is 0 Å². The molecule has 3 aliphatic rings. The van der Waals surface area contributed by atoms with E-state index in [0.29, 0.717) is 19.5 Å². The maximum atomic E-state index is 13.6. The van der Waals surface area contributed by atoms with Crippen LogP contribution in [0.3, 0.4) is 0 Å². The number of fused-ring (bicyclic) bond motifs is 5. The third-order valence-electron chi connectivity index (χ3n) is 8.15. The highest BCUT2D eigenvalue weighted by atomic mass is 79.9. The molecular formula is C30H41BrN6O8S2. The minimum atomic E-state index is -0.623. The molecule has 2 bridgehead atoms. The molecule has 6 N–H and O–H groups in total. The molecule has 1 aromatic carbocycles. The molecule has 0 spiro atoms. The van der Waals surface area contributed by atoms with Crippen LogP contribution in [-0.4, -0.2) is 98.7 Å². The summed E-state index contributed by atoms with van der Waals surface area (Å²) in [6.07, 6.45) is -0.612. The number of hydrogen-bond donors (Lipinski definition) is 6. The molecule has 0 radical (unpaired) electrons. The fourth-order valence-corrected chi connectivity index (χ4v) is 6.90. The molecule has 1 aliphatic heterocycles. The molecule has 6 atom stereocenters. The Balaban J connectivity index is 1.33. The lowest BCUT2D eigenvalue weighted by Crippen LogP contribution is -2.53. The molecular weight excluding hydrogens is 716 g/mol. The predicted octanol–water partition coefficient (Wildman–Crippen LogP) is 0.401. The number of halogens is 1. The van der Waals surface area contributed by atoms with E-state index in [1.165, 1.54) is 0 Å². The van der Waals surface area contributed by atoms with Gasteiger partial charge in [-0.15, -0.1) is 0 Å². The van der Waals surface area contributed by atoms with Gasteiger partial charge in [0.2, 0.25) is 11.8 Å². The van der Waals surface area contributed by atoms with Crippen LogP contribution in [0, 0.1) is 23.7 Å². The lowest BCUT2D eigenvalue weighted by Gasteiger charge is -2.34. The summed E-state index contributed by atoms with van der Waals surface area (Å²) >= 11 is 13.8. The molecule has 2 saturated carbocycles. The summed E-state index contributed by atoms with van der Waals surface area (Å²) in [5.74, 6) is -3.01. The molecule has 17 heteroatoms. The molecule has 14 nitrogen and oxygen atoms in total. The Kier molecular flexibility index (Phi) is 14.0. The molecule has 0 aromatic heterocycles. The van der Waals surface area contributed by atoms with Gasteiger partial charge in [0, 0.05) is 48.1 Å². The number of carbonyl (C=O) groups excluding carboxylic acids is 4. The monoisotopic (exact) mass is 756 g/mol. The van der Waals surface area contributed by atoms with E-state index < -0.39 is 30.1 Å². The second-order valence-corrected chi connectivity index (χ2v) is 12.8. The number of nitrogens with one attached hydrogen (secondary N) is 6. The van der Waals surface area contributed by atoms with E-state index in [-0.39, 0.29) is 85.5 Å². The molecule has 1 saturated heterocycles. The Labute approximate surface area is 292 Å². The zero-order valence-electron chi connectivity index (χ0n) is 26.2. The van der Waals surface area contributed by atoms with Crippen molar-refractivity contribution in [1.29, 1.82) is 0 Å². The maximum absolute atomic E-state index is 13.6. The lowest BCUT2D eigenvalue weighted by atomic mass is 9.75. The second-order valence-electron chi connectivity index (χ2n) is 11.1. The SMILES string of the molecule is CCOC(=O)CNC(=S)NCCNC(=O)C1C2CC(C3OC(c4ccc(Br)cc4)OC23)C1C(=O)NCCNC(=S)NCC(=O)OCC. The van der Waals surface area contributed by atoms with Crippen molar-refractivity contribution < 1.29 is 38.1 Å². The molecule has 4 rings (SSSR count). The Hall–Kier alpha value is -3.12. The standard InChI is InChI=1S/C30H41BrN6O8S2/c1-3-42-20(38)14-36-29(46)34-11-9-32-26(40)22-18-13-19(25-24(18)44-28(45-25)16-5-7-17(31)8-6-16)23(22)27(41)33-10-12-35-30(47)37-15-21(39)43-4-2/h5-8,18-19,22-25,28H,3-4,9-15H2,1-2H3,(H,32,40)(H,33,41)(H2,34,36,46)(H2,35,37,47). The molecule has 1 heterocycles. The third kappa shape index (κ3) is 9.95. The summed E-state index contributed by atoms with van der Waals surface area (Å²) in [7, 11) is 0. The van der Waals surface area contributed by atoms with Gasteiger partial charge in [-0.1, -0.05) is 28.1 Å². The van der Waals surface area contributed by atoms with Gasteiger partial charge in [-0.3, -0.25) is 19.2 Å². The van der Waals surface area contributed by atoms with Gasteiger partial charge in [0.15, 0.2) is 16.5 Å². The van der Waals surface area contributed by atoms with E-state index in [2.05, 4.69) is 47.8 Å². The van der Waals surface area contributed by atoms with Crippen LogP contribution in [-0.2, 0) is 38.1 Å². The highest BCUT2D eigenvalue weighted by molar-refractivity contribution is 9.10. The van der Waals surface area contributed by atoms with E-state index in [9.17, 15) is 19.2 Å². The van der Waals surface area contributed by atoms with Gasteiger partial charge in [0.05, 0.1) is 37.3 Å². The number of benzene rings is 1. The van der Waals surface area contributed by atoms with Crippen LogP contribution in [0.15, 0.2) is 28.7 Å². The van der Waals surface area contributed by atoms with E-state index in [4.69, 9.17) is 43.4 Å². The highest BCUT2D eigenvalue weighted by Gasteiger charge is 2.66. The summed E-state index contributed by atoms with van der Waals surface area (Å²) in [6.45, 7) is 4.98. The van der Waals surface area contributed by atoms with E-state index in [1.807, 2.05) is 24.3 Å². The highest BCUT2D eigenvalue weighted by Crippen LogP contribution is 2.58. The van der Waals surface area contributed by atoms with Crippen LogP contribution in [0.2, 0.25) is 0 Å². The fourth-order valence-electron chi connectivity index (χ4n) is 6.28. The number of hydrogen-bond acceptors (Lipinski definition) is 10. The van der Waals surface area contributed by atoms with Crippen molar-refractivity contribution in [3.8, 4) is 0 Å². The van der Waals surface area contributed by atoms with Gasteiger partial charge < -0.3 is 50.8 Å². The van der Waals surface area contributed by atoms with Gasteiger partial charge in [-0.05, 0) is 56.8 Å². The minimum absolute atomic E-state index is 0.0642. The van der Waals surface area contributed by atoms with Gasteiger partial charge >= 0.3 is 11.9 Å². The Morgan fingerprint density at radius 3 is 1.57 bits per heavy atom. The van der Waals surface area contributed by atoms with Crippen LogP contribution >= 0.6 is 40.4 Å². The van der Waals surface area contributed by atoms with Crippen molar-refractivity contribution in [2.75, 3.05) is 52.5 Å². The summed E-state index contributed by atoms with van der Waals surface area (Å²) in [5, 5.41) is 17.8. The summed E-state index contributed by atoms with van der Waals surface area (Å²) in [4.78, 5) is 50.3. The third-order valence-corrected chi connectivity index (χ3v) is 9.25. The number of amides is 2. The van der Waals surface area contributed by atoms with Gasteiger partial charge in [-0.2, -0.15) is 0 Å². The number of thiocarbonyl (C=S) groups is 2. The molecule has 258 valence electrons. The first kappa shape index (κ1) is 36.7. The van der Waals surface area contributed by atoms with Crippen LogP contribution in [0.4, 0.5) is 0 Å². The molecule has 2 aliphatic carbocycles. The van der Waals surface area contributed by atoms with Gasteiger partial charge in [0.1, 0.15) is 13.1 Å². The zero-order chi connectivity index (χ0) is 33.9. The van der Waals surface area contributed by atoms with Crippen molar-refractivity contribution in [3.05, 3.63) is 34.3 Å². The largest absolute Gasteiger partial charge is 0.465 e. The summed E-state index contributed by atoms with van der Waals surface area (Å²) < 4.78 is 23.4. The fraction of sp³-hybridized carbons (Fsp3) is 0.600. The van der Waals surface area contributed by atoms with Crippen LogP contribution in [0.25, 0.3) is 0 Å². The Morgan fingerprint density at radius 1 is 0.723 bits per heavy atom. The molecule has 6 unspecified atom stereocenters. The van der Waals surface area contributed by atoms with Crippen LogP contribution < -0.4 is 31.9 Å². The quantitative estimate of drug-likeness (QED) is 0.0824. The Bertz CT molecular complexity index is 1230. The van der Waals surface area contributed by atoms with Crippen molar-refractivity contribution in [2.24, 2.45) is 23.7 Å². The number of ether oxygens (including phenoxy) is 4. The van der Waals surface area contributed by atoms with Crippen molar-refractivity contribution in [2.45, 2.75) is 38.8 Å². The Morgan fingerprint density at radius 2 is 1.15 bits per heavy atom. The lowest BCUT2D eigenvalue weighted by molar-refractivity contribution is -0.142. The van der Waals surface area contributed by atoms with Crippen LogP contribution in [0.5, 0.6) is 0 Å². The summed E-state index contributed by atoms with van der Waals surface area (Å²) in [6, 6.07) is 7.67. The van der Waals surface area contributed by atoms with Gasteiger partial charge in [0.25, 0.3) is 0 Å². The van der Waals surface area contributed by atoms with Gasteiger partial charge in [-0.25, -0.2) is 0 Å². The smallest absolute Gasteiger partial charge is 0.325 e. The minimum Gasteiger partial charge on any atom is -0.465 e. The number of rotatable bonds is 15. The number of esters is 2. The number of carbonyl (C=O) groups is 4. The average Bonchev–Trinajstić information content (AvgIpc) is 3.75. The van der Waals surface area contributed by atoms with Crippen molar-refractivity contribution in [3.63, 3.8) is 0 Å². The topological polar surface area (TPSA) is 177 Å². The molecule has 47 heavy (non-hydrogen) atoms. The first-order valence-corrected chi connectivity index (χ1v) is 17.2. The first-order chi connectivity index (χ1) is 22.6. The first-order valence-electron chi connectivity index (χ1n) is 15.6. The van der Waals surface area contributed by atoms with Crippen molar-refractivity contribution >= 4 is 74.3 Å². The van der Waals surface area contributed by atoms with E-state index in [0.717, 1.165) is 10.0 Å². The summed E-state index contributed by atoms with van der Waals surface area (Å²) in [5.41, 5.74) is 0.862.